The van der Waals surface area contributed by atoms with Crippen LogP contribution in [0.3, 0.4) is 0 Å². The summed E-state index contributed by atoms with van der Waals surface area (Å²) in [5.74, 6) is 0.457. The van der Waals surface area contributed by atoms with Crippen LogP contribution in [0.1, 0.15) is 19.8 Å². The molecule has 1 rings (SSSR count). The summed E-state index contributed by atoms with van der Waals surface area (Å²) in [7, 11) is 0. The summed E-state index contributed by atoms with van der Waals surface area (Å²) in [5.41, 5.74) is 0. The molecule has 1 aromatic rings. The second kappa shape index (κ2) is 8.56. The Bertz CT molecular complexity index is 370. The van der Waals surface area contributed by atoms with Gasteiger partial charge >= 0.3 is 0 Å². The molecule has 0 heterocycles. The number of amides is 1. The van der Waals surface area contributed by atoms with Gasteiger partial charge in [0.1, 0.15) is 0 Å². The maximum atomic E-state index is 11.7. The number of halogens is 1. The van der Waals surface area contributed by atoms with E-state index in [1.165, 1.54) is 11.8 Å². The van der Waals surface area contributed by atoms with E-state index in [-0.39, 0.29) is 18.6 Å². The summed E-state index contributed by atoms with van der Waals surface area (Å²) in [5, 5.41) is 11.6. The molecular weight excluding hydrogens is 314 g/mol. The highest BCUT2D eigenvalue weighted by atomic mass is 79.9. The molecular formula is C13H18BrNO2S. The number of aliphatic hydroxyl groups excluding tert-OH is 1. The Morgan fingerprint density at radius 1 is 1.44 bits per heavy atom. The number of benzene rings is 1. The minimum Gasteiger partial charge on any atom is -0.396 e. The van der Waals surface area contributed by atoms with Gasteiger partial charge in [-0.05, 0) is 44.0 Å². The quantitative estimate of drug-likeness (QED) is 0.755. The number of hydrogen-bond acceptors (Lipinski definition) is 3. The normalized spacial score (nSPS) is 12.2. The number of carbonyl (C=O) groups is 1. The Morgan fingerprint density at radius 2 is 2.11 bits per heavy atom. The highest BCUT2D eigenvalue weighted by molar-refractivity contribution is 9.10. The SMILES string of the molecule is CC(CCCO)NC(=O)CSc1ccc(Br)cc1. The molecule has 0 aliphatic rings. The van der Waals surface area contributed by atoms with Crippen LogP contribution in [0.4, 0.5) is 0 Å². The van der Waals surface area contributed by atoms with E-state index in [4.69, 9.17) is 5.11 Å². The van der Waals surface area contributed by atoms with Crippen molar-refractivity contribution in [1.82, 2.24) is 5.32 Å². The molecule has 1 aromatic carbocycles. The van der Waals surface area contributed by atoms with Gasteiger partial charge in [0.2, 0.25) is 5.91 Å². The van der Waals surface area contributed by atoms with Crippen molar-refractivity contribution in [3.8, 4) is 0 Å². The van der Waals surface area contributed by atoms with Crippen LogP contribution in [-0.4, -0.2) is 29.4 Å². The van der Waals surface area contributed by atoms with Crippen LogP contribution in [0.25, 0.3) is 0 Å². The van der Waals surface area contributed by atoms with E-state index >= 15 is 0 Å². The first-order valence-corrected chi connectivity index (χ1v) is 7.68. The highest BCUT2D eigenvalue weighted by Crippen LogP contribution is 2.20. The van der Waals surface area contributed by atoms with Crippen molar-refractivity contribution >= 4 is 33.6 Å². The Kier molecular flexibility index (Phi) is 7.39. The Hall–Kier alpha value is -0.520. The molecule has 1 amide bonds. The molecule has 0 radical (unpaired) electrons. The minimum absolute atomic E-state index is 0.0355. The first-order valence-electron chi connectivity index (χ1n) is 5.90. The van der Waals surface area contributed by atoms with Crippen LogP contribution in [0, 0.1) is 0 Å². The molecule has 0 aliphatic carbocycles. The van der Waals surface area contributed by atoms with Crippen molar-refractivity contribution in [2.75, 3.05) is 12.4 Å². The van der Waals surface area contributed by atoms with Crippen LogP contribution < -0.4 is 5.32 Å². The number of aliphatic hydroxyl groups is 1. The van der Waals surface area contributed by atoms with Crippen LogP contribution in [0.2, 0.25) is 0 Å². The van der Waals surface area contributed by atoms with Gasteiger partial charge in [-0.25, -0.2) is 0 Å². The summed E-state index contributed by atoms with van der Waals surface area (Å²) < 4.78 is 1.04. The second-order valence-electron chi connectivity index (χ2n) is 4.08. The van der Waals surface area contributed by atoms with Gasteiger partial charge < -0.3 is 10.4 Å². The van der Waals surface area contributed by atoms with Gasteiger partial charge in [0.15, 0.2) is 0 Å². The minimum atomic E-state index is 0.0355. The fourth-order valence-corrected chi connectivity index (χ4v) is 2.44. The average molecular weight is 332 g/mol. The Labute approximate surface area is 120 Å². The van der Waals surface area contributed by atoms with Crippen molar-refractivity contribution in [3.63, 3.8) is 0 Å². The molecule has 2 N–H and O–H groups in total. The Morgan fingerprint density at radius 3 is 2.72 bits per heavy atom. The molecule has 0 aliphatic heterocycles. The van der Waals surface area contributed by atoms with Gasteiger partial charge in [-0.15, -0.1) is 11.8 Å². The summed E-state index contributed by atoms with van der Waals surface area (Å²) >= 11 is 4.89. The lowest BCUT2D eigenvalue weighted by atomic mass is 10.2. The fraction of sp³-hybridized carbons (Fsp3) is 0.462. The largest absolute Gasteiger partial charge is 0.396 e. The zero-order valence-electron chi connectivity index (χ0n) is 10.4. The Balaban J connectivity index is 2.26. The third-order valence-corrected chi connectivity index (χ3v) is 3.93. The third-order valence-electron chi connectivity index (χ3n) is 2.39. The van der Waals surface area contributed by atoms with Gasteiger partial charge in [-0.1, -0.05) is 15.9 Å². The van der Waals surface area contributed by atoms with Crippen molar-refractivity contribution in [2.24, 2.45) is 0 Å². The second-order valence-corrected chi connectivity index (χ2v) is 6.04. The van der Waals surface area contributed by atoms with E-state index in [9.17, 15) is 4.79 Å². The summed E-state index contributed by atoms with van der Waals surface area (Å²) in [4.78, 5) is 12.7. The molecule has 0 aromatic heterocycles. The molecule has 1 atom stereocenters. The first kappa shape index (κ1) is 15.5. The molecule has 5 heteroatoms. The van der Waals surface area contributed by atoms with E-state index in [0.29, 0.717) is 5.75 Å². The zero-order chi connectivity index (χ0) is 13.4. The van der Waals surface area contributed by atoms with Crippen molar-refractivity contribution in [2.45, 2.75) is 30.7 Å². The van der Waals surface area contributed by atoms with Gasteiger partial charge in [0, 0.05) is 22.0 Å². The topological polar surface area (TPSA) is 49.3 Å². The molecule has 0 saturated heterocycles. The first-order chi connectivity index (χ1) is 8.61. The molecule has 1 unspecified atom stereocenters. The van der Waals surface area contributed by atoms with Crippen LogP contribution >= 0.6 is 27.7 Å². The van der Waals surface area contributed by atoms with Crippen LogP contribution in [-0.2, 0) is 4.79 Å². The molecule has 0 fully saturated rings. The third kappa shape index (κ3) is 6.42. The van der Waals surface area contributed by atoms with Crippen molar-refractivity contribution in [1.29, 1.82) is 0 Å². The lowest BCUT2D eigenvalue weighted by Crippen LogP contribution is -2.33. The smallest absolute Gasteiger partial charge is 0.230 e. The van der Waals surface area contributed by atoms with E-state index in [1.54, 1.807) is 0 Å². The zero-order valence-corrected chi connectivity index (χ0v) is 12.8. The van der Waals surface area contributed by atoms with E-state index < -0.39 is 0 Å². The van der Waals surface area contributed by atoms with Crippen molar-refractivity contribution in [3.05, 3.63) is 28.7 Å². The van der Waals surface area contributed by atoms with Gasteiger partial charge in [0.05, 0.1) is 5.75 Å². The predicted molar refractivity (Wildman–Crippen MR) is 78.8 cm³/mol. The highest BCUT2D eigenvalue weighted by Gasteiger charge is 2.07. The van der Waals surface area contributed by atoms with E-state index in [2.05, 4.69) is 21.2 Å². The molecule has 0 saturated carbocycles. The molecule has 18 heavy (non-hydrogen) atoms. The lowest BCUT2D eigenvalue weighted by molar-refractivity contribution is -0.119. The molecule has 0 bridgehead atoms. The van der Waals surface area contributed by atoms with E-state index in [1.807, 2.05) is 31.2 Å². The van der Waals surface area contributed by atoms with Crippen molar-refractivity contribution < 1.29 is 9.90 Å². The number of rotatable bonds is 7. The summed E-state index contributed by atoms with van der Waals surface area (Å²) in [6, 6.07) is 8.01. The number of nitrogens with one attached hydrogen (secondary N) is 1. The summed E-state index contributed by atoms with van der Waals surface area (Å²) in [6.07, 6.45) is 1.53. The maximum absolute atomic E-state index is 11.7. The monoisotopic (exact) mass is 331 g/mol. The van der Waals surface area contributed by atoms with Crippen LogP contribution in [0.15, 0.2) is 33.6 Å². The fourth-order valence-electron chi connectivity index (χ4n) is 1.47. The number of carbonyl (C=O) groups excluding carboxylic acids is 1. The van der Waals surface area contributed by atoms with E-state index in [0.717, 1.165) is 22.2 Å². The lowest BCUT2D eigenvalue weighted by Gasteiger charge is -2.12. The number of hydrogen-bond donors (Lipinski definition) is 2. The standard InChI is InChI=1S/C13H18BrNO2S/c1-10(3-2-8-16)15-13(17)9-18-12-6-4-11(14)5-7-12/h4-7,10,16H,2-3,8-9H2,1H3,(H,15,17). The maximum Gasteiger partial charge on any atom is 0.230 e. The van der Waals surface area contributed by atoms with Gasteiger partial charge in [-0.3, -0.25) is 4.79 Å². The van der Waals surface area contributed by atoms with Gasteiger partial charge in [-0.2, -0.15) is 0 Å². The predicted octanol–water partition coefficient (Wildman–Crippen LogP) is 2.82. The van der Waals surface area contributed by atoms with Crippen LogP contribution in [0.5, 0.6) is 0 Å². The summed E-state index contributed by atoms with van der Waals surface area (Å²) in [6.45, 7) is 2.13. The van der Waals surface area contributed by atoms with Gasteiger partial charge in [0.25, 0.3) is 0 Å². The number of thioether (sulfide) groups is 1. The molecule has 100 valence electrons. The average Bonchev–Trinajstić information content (AvgIpc) is 2.35. The molecule has 3 nitrogen and oxygen atoms in total. The molecule has 0 spiro atoms.